The summed E-state index contributed by atoms with van der Waals surface area (Å²) >= 11 is 0. The summed E-state index contributed by atoms with van der Waals surface area (Å²) in [6, 6.07) is 4.57. The molecule has 1 aliphatic rings. The van der Waals surface area contributed by atoms with Crippen molar-refractivity contribution in [3.8, 4) is 0 Å². The second kappa shape index (κ2) is 7.16. The zero-order valence-electron chi connectivity index (χ0n) is 14.8. The predicted octanol–water partition coefficient (Wildman–Crippen LogP) is 2.90. The first kappa shape index (κ1) is 16.7. The Morgan fingerprint density at radius 1 is 1.38 bits per heavy atom. The molecule has 3 rings (SSSR count). The highest BCUT2D eigenvalue weighted by Crippen LogP contribution is 2.24. The van der Waals surface area contributed by atoms with E-state index in [-0.39, 0.29) is 5.91 Å². The molecule has 0 saturated carbocycles. The summed E-state index contributed by atoms with van der Waals surface area (Å²) in [6.07, 6.45) is 6.57. The van der Waals surface area contributed by atoms with E-state index in [2.05, 4.69) is 32.2 Å². The van der Waals surface area contributed by atoms with Gasteiger partial charge in [-0.2, -0.15) is 5.10 Å². The number of hydrogen-bond donors (Lipinski definition) is 1. The Labute approximate surface area is 143 Å². The Bertz CT molecular complexity index is 702. The third kappa shape index (κ3) is 3.66. The topological polar surface area (TPSA) is 61.9 Å². The van der Waals surface area contributed by atoms with Crippen molar-refractivity contribution in [3.05, 3.63) is 46.5 Å². The molecule has 0 spiro atoms. The SMILES string of the molecule is Cc1cc(CC[C@H]2CCCN2C(=O)Cc2c(C)n[nH]c2C)ccn1. The first-order chi connectivity index (χ1) is 11.5. The van der Waals surface area contributed by atoms with Crippen LogP contribution in [0.5, 0.6) is 0 Å². The fourth-order valence-corrected chi connectivity index (χ4v) is 3.64. The van der Waals surface area contributed by atoms with Crippen LogP contribution in [0.4, 0.5) is 0 Å². The number of carbonyl (C=O) groups is 1. The van der Waals surface area contributed by atoms with E-state index in [9.17, 15) is 4.79 Å². The maximum Gasteiger partial charge on any atom is 0.227 e. The van der Waals surface area contributed by atoms with Gasteiger partial charge in [0.2, 0.25) is 5.91 Å². The Morgan fingerprint density at radius 2 is 2.21 bits per heavy atom. The van der Waals surface area contributed by atoms with Gasteiger partial charge in [0.15, 0.2) is 0 Å². The molecule has 1 amide bonds. The van der Waals surface area contributed by atoms with Crippen LogP contribution in [0.2, 0.25) is 0 Å². The Kier molecular flexibility index (Phi) is 4.97. The minimum absolute atomic E-state index is 0.232. The summed E-state index contributed by atoms with van der Waals surface area (Å²) in [5, 5.41) is 7.17. The van der Waals surface area contributed by atoms with E-state index in [1.165, 1.54) is 5.56 Å². The van der Waals surface area contributed by atoms with Gasteiger partial charge in [-0.1, -0.05) is 0 Å². The highest BCUT2D eigenvalue weighted by Gasteiger charge is 2.29. The van der Waals surface area contributed by atoms with Gasteiger partial charge < -0.3 is 4.90 Å². The molecule has 0 unspecified atom stereocenters. The summed E-state index contributed by atoms with van der Waals surface area (Å²) in [5.74, 6) is 0.232. The number of nitrogens with zero attached hydrogens (tertiary/aromatic N) is 3. The van der Waals surface area contributed by atoms with Crippen molar-refractivity contribution in [1.82, 2.24) is 20.1 Å². The van der Waals surface area contributed by atoms with Gasteiger partial charge in [0.05, 0.1) is 12.1 Å². The van der Waals surface area contributed by atoms with Crippen LogP contribution in [-0.4, -0.2) is 38.6 Å². The summed E-state index contributed by atoms with van der Waals surface area (Å²) in [4.78, 5) is 19.1. The molecule has 1 saturated heterocycles. The Morgan fingerprint density at radius 3 is 2.92 bits per heavy atom. The Balaban J connectivity index is 1.61. The number of carbonyl (C=O) groups excluding carboxylic acids is 1. The molecule has 24 heavy (non-hydrogen) atoms. The number of aryl methyl sites for hydroxylation is 4. The maximum atomic E-state index is 12.8. The van der Waals surface area contributed by atoms with Crippen molar-refractivity contribution >= 4 is 5.91 Å². The number of amides is 1. The van der Waals surface area contributed by atoms with Gasteiger partial charge in [-0.25, -0.2) is 0 Å². The monoisotopic (exact) mass is 326 g/mol. The molecule has 3 heterocycles. The molecule has 0 bridgehead atoms. The van der Waals surface area contributed by atoms with Gasteiger partial charge in [0, 0.05) is 35.7 Å². The first-order valence-corrected chi connectivity index (χ1v) is 8.76. The lowest BCUT2D eigenvalue weighted by molar-refractivity contribution is -0.131. The lowest BCUT2D eigenvalue weighted by Gasteiger charge is -2.25. The van der Waals surface area contributed by atoms with E-state index in [0.29, 0.717) is 12.5 Å². The predicted molar refractivity (Wildman–Crippen MR) is 93.8 cm³/mol. The number of nitrogens with one attached hydrogen (secondary N) is 1. The first-order valence-electron chi connectivity index (χ1n) is 8.76. The van der Waals surface area contributed by atoms with E-state index in [1.54, 1.807) is 0 Å². The van der Waals surface area contributed by atoms with Crippen LogP contribution in [0.1, 0.15) is 47.5 Å². The molecule has 5 nitrogen and oxygen atoms in total. The number of hydrogen-bond acceptors (Lipinski definition) is 3. The molecule has 2 aromatic heterocycles. The fourth-order valence-electron chi connectivity index (χ4n) is 3.64. The number of aromatic amines is 1. The number of pyridine rings is 1. The maximum absolute atomic E-state index is 12.8. The lowest BCUT2D eigenvalue weighted by Crippen LogP contribution is -2.37. The summed E-state index contributed by atoms with van der Waals surface area (Å²) in [5.41, 5.74) is 5.35. The molecular formula is C19H26N4O. The largest absolute Gasteiger partial charge is 0.339 e. The molecule has 128 valence electrons. The molecule has 1 atom stereocenters. The van der Waals surface area contributed by atoms with Crippen LogP contribution in [0, 0.1) is 20.8 Å². The number of aromatic nitrogens is 3. The van der Waals surface area contributed by atoms with Crippen LogP contribution in [0.15, 0.2) is 18.3 Å². The van der Waals surface area contributed by atoms with Gasteiger partial charge in [-0.3, -0.25) is 14.9 Å². The molecule has 0 radical (unpaired) electrons. The quantitative estimate of drug-likeness (QED) is 0.919. The number of rotatable bonds is 5. The third-order valence-electron chi connectivity index (χ3n) is 5.03. The van der Waals surface area contributed by atoms with Crippen LogP contribution >= 0.6 is 0 Å². The Hall–Kier alpha value is -2.17. The minimum Gasteiger partial charge on any atom is -0.339 e. The van der Waals surface area contributed by atoms with Crippen LogP contribution < -0.4 is 0 Å². The normalized spacial score (nSPS) is 17.5. The van der Waals surface area contributed by atoms with E-state index >= 15 is 0 Å². The zero-order valence-corrected chi connectivity index (χ0v) is 14.8. The molecule has 2 aromatic rings. The lowest BCUT2D eigenvalue weighted by atomic mass is 10.0. The van der Waals surface area contributed by atoms with Crippen LogP contribution in [0.3, 0.4) is 0 Å². The summed E-state index contributed by atoms with van der Waals surface area (Å²) < 4.78 is 0. The zero-order chi connectivity index (χ0) is 17.1. The van der Waals surface area contributed by atoms with Crippen molar-refractivity contribution in [1.29, 1.82) is 0 Å². The minimum atomic E-state index is 0.232. The van der Waals surface area contributed by atoms with Crippen molar-refractivity contribution in [2.24, 2.45) is 0 Å². The van der Waals surface area contributed by atoms with E-state index in [1.807, 2.05) is 27.0 Å². The highest BCUT2D eigenvalue weighted by molar-refractivity contribution is 5.79. The van der Waals surface area contributed by atoms with Crippen LogP contribution in [0.25, 0.3) is 0 Å². The van der Waals surface area contributed by atoms with Gasteiger partial charge in [-0.15, -0.1) is 0 Å². The summed E-state index contributed by atoms with van der Waals surface area (Å²) in [7, 11) is 0. The molecule has 0 aromatic carbocycles. The van der Waals surface area contributed by atoms with Crippen molar-refractivity contribution in [3.63, 3.8) is 0 Å². The van der Waals surface area contributed by atoms with Gasteiger partial charge in [0.1, 0.15) is 0 Å². The average Bonchev–Trinajstić information content (AvgIpc) is 3.15. The van der Waals surface area contributed by atoms with Crippen molar-refractivity contribution in [2.45, 2.75) is 58.9 Å². The number of H-pyrrole nitrogens is 1. The smallest absolute Gasteiger partial charge is 0.227 e. The van der Waals surface area contributed by atoms with Crippen molar-refractivity contribution in [2.75, 3.05) is 6.54 Å². The summed E-state index contributed by atoms with van der Waals surface area (Å²) in [6.45, 7) is 6.84. The third-order valence-corrected chi connectivity index (χ3v) is 5.03. The molecule has 1 fully saturated rings. The van der Waals surface area contributed by atoms with Gasteiger partial charge in [-0.05, 0) is 64.2 Å². The van der Waals surface area contributed by atoms with E-state index in [0.717, 1.165) is 54.9 Å². The van der Waals surface area contributed by atoms with Crippen LogP contribution in [-0.2, 0) is 17.6 Å². The highest BCUT2D eigenvalue weighted by atomic mass is 16.2. The van der Waals surface area contributed by atoms with E-state index < -0.39 is 0 Å². The second-order valence-electron chi connectivity index (χ2n) is 6.82. The molecule has 0 aliphatic carbocycles. The molecular weight excluding hydrogens is 300 g/mol. The van der Waals surface area contributed by atoms with Crippen molar-refractivity contribution < 1.29 is 4.79 Å². The molecule has 1 aliphatic heterocycles. The fraction of sp³-hybridized carbons (Fsp3) is 0.526. The molecule has 5 heteroatoms. The second-order valence-corrected chi connectivity index (χ2v) is 6.82. The van der Waals surface area contributed by atoms with E-state index in [4.69, 9.17) is 0 Å². The number of likely N-dealkylation sites (tertiary alicyclic amines) is 1. The standard InChI is InChI=1S/C19H26N4O/c1-13-11-16(8-9-20-13)6-7-17-5-4-10-23(17)19(24)12-18-14(2)21-22-15(18)3/h8-9,11,17H,4-7,10,12H2,1-3H3,(H,21,22)/t17-/m1/s1. The van der Waals surface area contributed by atoms with Gasteiger partial charge >= 0.3 is 0 Å². The average molecular weight is 326 g/mol. The van der Waals surface area contributed by atoms with Gasteiger partial charge in [0.25, 0.3) is 0 Å². The molecule has 1 N–H and O–H groups in total.